The number of amides is 1. The van der Waals surface area contributed by atoms with E-state index in [-0.39, 0.29) is 22.2 Å². The van der Waals surface area contributed by atoms with Crippen molar-refractivity contribution in [1.82, 2.24) is 9.62 Å². The molecule has 0 aromatic heterocycles. The molecule has 1 heterocycles. The van der Waals surface area contributed by atoms with E-state index in [4.69, 9.17) is 27.9 Å². The molecule has 1 aliphatic rings. The molecule has 1 atom stereocenters. The van der Waals surface area contributed by atoms with Gasteiger partial charge in [-0.3, -0.25) is 4.79 Å². The summed E-state index contributed by atoms with van der Waals surface area (Å²) in [6, 6.07) is 18.4. The number of carbonyl (C=O) groups excluding carboxylic acids is 1. The number of benzene rings is 3. The van der Waals surface area contributed by atoms with Crippen LogP contribution in [0.2, 0.25) is 10.0 Å². The van der Waals surface area contributed by atoms with Gasteiger partial charge in [-0.2, -0.15) is 4.72 Å². The van der Waals surface area contributed by atoms with E-state index in [1.165, 1.54) is 18.2 Å². The summed E-state index contributed by atoms with van der Waals surface area (Å²) in [5, 5.41) is 0.851. The third kappa shape index (κ3) is 6.80. The Hall–Kier alpha value is -2.78. The monoisotopic (exact) mass is 575 g/mol. The highest BCUT2D eigenvalue weighted by Crippen LogP contribution is 2.28. The van der Waals surface area contributed by atoms with Crippen LogP contribution in [0.3, 0.4) is 0 Å². The Bertz CT molecular complexity index is 1380. The largest absolute Gasteiger partial charge is 0.492 e. The van der Waals surface area contributed by atoms with Crippen LogP contribution in [0.5, 0.6) is 5.75 Å². The quantitative estimate of drug-likeness (QED) is 0.391. The summed E-state index contributed by atoms with van der Waals surface area (Å²) in [6.45, 7) is 6.42. The fourth-order valence-corrected chi connectivity index (χ4v) is 6.20. The summed E-state index contributed by atoms with van der Waals surface area (Å²) >= 11 is 12.5. The zero-order valence-corrected chi connectivity index (χ0v) is 23.7. The molecule has 0 unspecified atom stereocenters. The minimum Gasteiger partial charge on any atom is -0.492 e. The molecule has 3 aromatic carbocycles. The molecular formula is C28H31Cl2N3O4S. The second-order valence-corrected chi connectivity index (χ2v) is 11.7. The molecule has 0 spiro atoms. The predicted octanol–water partition coefficient (Wildman–Crippen LogP) is 4.94. The van der Waals surface area contributed by atoms with Crippen molar-refractivity contribution in [3.63, 3.8) is 0 Å². The number of hydrogen-bond donors (Lipinski definition) is 1. The number of rotatable bonds is 9. The minimum atomic E-state index is -4.04. The number of anilines is 1. The number of carbonyl (C=O) groups is 1. The molecule has 0 bridgehead atoms. The molecule has 4 rings (SSSR count). The van der Waals surface area contributed by atoms with E-state index in [0.29, 0.717) is 43.6 Å². The van der Waals surface area contributed by atoms with Crippen molar-refractivity contribution >= 4 is 44.8 Å². The molecule has 3 aromatic rings. The maximum Gasteiger partial charge on any atom is 0.241 e. The third-order valence-electron chi connectivity index (χ3n) is 6.49. The van der Waals surface area contributed by atoms with Crippen molar-refractivity contribution in [1.29, 1.82) is 0 Å². The minimum absolute atomic E-state index is 0.0296. The SMILES string of the molecule is CCOc1ccc(S(=O)(=O)N[C@H](Cc2ccccc2)C(=O)N2CCN(c3cc(Cl)ccc3C)CC2)cc1Cl. The predicted molar refractivity (Wildman–Crippen MR) is 152 cm³/mol. The van der Waals surface area contributed by atoms with E-state index in [1.54, 1.807) is 4.90 Å². The number of halogens is 2. The van der Waals surface area contributed by atoms with Crippen LogP contribution in [-0.2, 0) is 21.2 Å². The highest BCUT2D eigenvalue weighted by Gasteiger charge is 2.32. The zero-order valence-electron chi connectivity index (χ0n) is 21.4. The van der Waals surface area contributed by atoms with Crippen molar-refractivity contribution in [3.8, 4) is 5.75 Å². The molecule has 1 fully saturated rings. The number of ether oxygens (including phenoxy) is 1. The smallest absolute Gasteiger partial charge is 0.241 e. The van der Waals surface area contributed by atoms with Gasteiger partial charge in [0.15, 0.2) is 0 Å². The van der Waals surface area contributed by atoms with Crippen LogP contribution in [0.4, 0.5) is 5.69 Å². The summed E-state index contributed by atoms with van der Waals surface area (Å²) < 4.78 is 34.8. The average molecular weight is 577 g/mol. The van der Waals surface area contributed by atoms with Crippen LogP contribution in [0.15, 0.2) is 71.6 Å². The fraction of sp³-hybridized carbons (Fsp3) is 0.321. The Balaban J connectivity index is 1.53. The van der Waals surface area contributed by atoms with Crippen molar-refractivity contribution in [2.45, 2.75) is 31.2 Å². The third-order valence-corrected chi connectivity index (χ3v) is 8.49. The fourth-order valence-electron chi connectivity index (χ4n) is 4.52. The maximum absolute atomic E-state index is 13.7. The summed E-state index contributed by atoms with van der Waals surface area (Å²) in [7, 11) is -4.04. The van der Waals surface area contributed by atoms with Gasteiger partial charge in [-0.15, -0.1) is 0 Å². The second-order valence-electron chi connectivity index (χ2n) is 9.13. The zero-order chi connectivity index (χ0) is 27.3. The standard InChI is InChI=1S/C28H31Cl2N3O4S/c1-3-37-27-12-11-23(19-24(27)30)38(35,36)31-25(17-21-7-5-4-6-8-21)28(34)33-15-13-32(14-16-33)26-18-22(29)10-9-20(26)2/h4-12,18-19,25,31H,3,13-17H2,1-2H3/t25-/m1/s1. The second kappa shape index (κ2) is 12.4. The molecule has 0 radical (unpaired) electrons. The number of piperazine rings is 1. The van der Waals surface area contributed by atoms with E-state index < -0.39 is 16.1 Å². The lowest BCUT2D eigenvalue weighted by atomic mass is 10.1. The van der Waals surface area contributed by atoms with E-state index in [9.17, 15) is 13.2 Å². The van der Waals surface area contributed by atoms with Gasteiger partial charge in [-0.25, -0.2) is 8.42 Å². The number of nitrogens with one attached hydrogen (secondary N) is 1. The lowest BCUT2D eigenvalue weighted by Crippen LogP contribution is -2.55. The number of nitrogens with zero attached hydrogens (tertiary/aromatic N) is 2. The molecule has 0 aliphatic carbocycles. The first-order chi connectivity index (χ1) is 18.2. The summed E-state index contributed by atoms with van der Waals surface area (Å²) in [6.07, 6.45) is 0.220. The normalized spacial score (nSPS) is 14.8. The van der Waals surface area contributed by atoms with Gasteiger partial charge >= 0.3 is 0 Å². The van der Waals surface area contributed by atoms with Crippen LogP contribution in [-0.4, -0.2) is 58.1 Å². The first-order valence-corrected chi connectivity index (χ1v) is 14.7. The van der Waals surface area contributed by atoms with E-state index in [0.717, 1.165) is 16.8 Å². The van der Waals surface area contributed by atoms with Gasteiger partial charge in [0.1, 0.15) is 11.8 Å². The molecule has 1 saturated heterocycles. The van der Waals surface area contributed by atoms with Gasteiger partial charge in [0.25, 0.3) is 0 Å². The Morgan fingerprint density at radius 2 is 1.71 bits per heavy atom. The van der Waals surface area contributed by atoms with Gasteiger partial charge < -0.3 is 14.5 Å². The Morgan fingerprint density at radius 1 is 1.00 bits per heavy atom. The Morgan fingerprint density at radius 3 is 2.37 bits per heavy atom. The van der Waals surface area contributed by atoms with Gasteiger partial charge in [0.2, 0.25) is 15.9 Å². The lowest BCUT2D eigenvalue weighted by Gasteiger charge is -2.38. The Labute approximate surface area is 234 Å². The maximum atomic E-state index is 13.7. The van der Waals surface area contributed by atoms with Crippen molar-refractivity contribution in [2.75, 3.05) is 37.7 Å². The van der Waals surface area contributed by atoms with Crippen LogP contribution < -0.4 is 14.4 Å². The van der Waals surface area contributed by atoms with Crippen LogP contribution in [0, 0.1) is 6.92 Å². The molecule has 202 valence electrons. The molecule has 10 heteroatoms. The van der Waals surface area contributed by atoms with E-state index >= 15 is 0 Å². The van der Waals surface area contributed by atoms with Crippen LogP contribution in [0.1, 0.15) is 18.1 Å². The first-order valence-electron chi connectivity index (χ1n) is 12.5. The lowest BCUT2D eigenvalue weighted by molar-refractivity contribution is -0.133. The highest BCUT2D eigenvalue weighted by atomic mass is 35.5. The summed E-state index contributed by atoms with van der Waals surface area (Å²) in [4.78, 5) is 17.6. The number of hydrogen-bond acceptors (Lipinski definition) is 5. The highest BCUT2D eigenvalue weighted by molar-refractivity contribution is 7.89. The topological polar surface area (TPSA) is 78.9 Å². The molecule has 1 N–H and O–H groups in total. The van der Waals surface area contributed by atoms with Crippen molar-refractivity contribution < 1.29 is 17.9 Å². The molecule has 7 nitrogen and oxygen atoms in total. The molecule has 38 heavy (non-hydrogen) atoms. The summed E-state index contributed by atoms with van der Waals surface area (Å²) in [5.41, 5.74) is 3.00. The molecule has 1 aliphatic heterocycles. The molecule has 1 amide bonds. The van der Waals surface area contributed by atoms with Gasteiger partial charge in [0, 0.05) is 36.9 Å². The van der Waals surface area contributed by atoms with Crippen molar-refractivity contribution in [2.24, 2.45) is 0 Å². The summed E-state index contributed by atoms with van der Waals surface area (Å²) in [5.74, 6) is 0.134. The number of sulfonamides is 1. The van der Waals surface area contributed by atoms with Gasteiger partial charge in [-0.05, 0) is 61.7 Å². The molecule has 0 saturated carbocycles. The van der Waals surface area contributed by atoms with Gasteiger partial charge in [-0.1, -0.05) is 59.6 Å². The Kier molecular flexibility index (Phi) is 9.20. The first kappa shape index (κ1) is 28.2. The van der Waals surface area contributed by atoms with E-state index in [1.807, 2.05) is 62.4 Å². The van der Waals surface area contributed by atoms with Gasteiger partial charge in [0.05, 0.1) is 16.5 Å². The van der Waals surface area contributed by atoms with Crippen LogP contribution >= 0.6 is 23.2 Å². The van der Waals surface area contributed by atoms with Crippen LogP contribution in [0.25, 0.3) is 0 Å². The van der Waals surface area contributed by atoms with E-state index in [2.05, 4.69) is 9.62 Å². The average Bonchev–Trinajstić information content (AvgIpc) is 2.91. The number of aryl methyl sites for hydroxylation is 1. The molecular weight excluding hydrogens is 545 g/mol. The van der Waals surface area contributed by atoms with Crippen molar-refractivity contribution in [3.05, 3.63) is 87.9 Å².